The first-order chi connectivity index (χ1) is 11.4. The lowest BCUT2D eigenvalue weighted by Crippen LogP contribution is -2.40. The van der Waals surface area contributed by atoms with Gasteiger partial charge in [0.25, 0.3) is 0 Å². The number of hydrogen-bond acceptors (Lipinski definition) is 5. The van der Waals surface area contributed by atoms with Crippen LogP contribution in [0.5, 0.6) is 11.5 Å². The number of hydrogen-bond donors (Lipinski definition) is 1. The summed E-state index contributed by atoms with van der Waals surface area (Å²) in [5.74, 6) is -0.114. The number of likely N-dealkylation sites (N-methyl/N-ethyl adjacent to an activating group) is 1. The summed E-state index contributed by atoms with van der Waals surface area (Å²) >= 11 is 0. The summed E-state index contributed by atoms with van der Waals surface area (Å²) in [4.78, 5) is 36.5. The number of amides is 1. The molecule has 0 radical (unpaired) electrons. The molecule has 24 heavy (non-hydrogen) atoms. The van der Waals surface area contributed by atoms with Crippen LogP contribution in [0.15, 0.2) is 18.2 Å². The van der Waals surface area contributed by atoms with Gasteiger partial charge in [-0.3, -0.25) is 14.4 Å². The Bertz CT molecular complexity index is 642. The molecule has 130 valence electrons. The second-order valence-corrected chi connectivity index (χ2v) is 5.71. The highest BCUT2D eigenvalue weighted by atomic mass is 16.7. The van der Waals surface area contributed by atoms with Crippen LogP contribution in [0, 0.1) is 0 Å². The van der Waals surface area contributed by atoms with Gasteiger partial charge in [-0.1, -0.05) is 0 Å². The molecule has 1 N–H and O–H groups in total. The maximum Gasteiger partial charge on any atom is 0.303 e. The minimum atomic E-state index is -0.873. The average molecular weight is 335 g/mol. The molecule has 0 bridgehead atoms. The molecule has 1 unspecified atom stereocenters. The largest absolute Gasteiger partial charge is 0.481 e. The van der Waals surface area contributed by atoms with Crippen LogP contribution in [0.1, 0.15) is 43.0 Å². The molecule has 0 fully saturated rings. The molecule has 1 aliphatic heterocycles. The van der Waals surface area contributed by atoms with Crippen LogP contribution in [-0.2, 0) is 9.59 Å². The number of ketones is 1. The molecule has 7 heteroatoms. The molecule has 0 spiro atoms. The van der Waals surface area contributed by atoms with E-state index in [0.29, 0.717) is 29.9 Å². The predicted molar refractivity (Wildman–Crippen MR) is 85.2 cm³/mol. The number of carboxylic acid groups (broad SMARTS) is 1. The van der Waals surface area contributed by atoms with E-state index in [1.54, 1.807) is 32.2 Å². The Balaban J connectivity index is 1.91. The smallest absolute Gasteiger partial charge is 0.303 e. The van der Waals surface area contributed by atoms with Gasteiger partial charge in [-0.05, 0) is 38.0 Å². The van der Waals surface area contributed by atoms with Crippen molar-refractivity contribution in [2.75, 3.05) is 13.8 Å². The van der Waals surface area contributed by atoms with Crippen LogP contribution in [0.2, 0.25) is 0 Å². The molecular weight excluding hydrogens is 314 g/mol. The SMILES string of the molecule is CC(C(=O)c1ccc2c(c1)OCO2)N(C)C(=O)CCCCC(=O)O. The molecule has 7 nitrogen and oxygen atoms in total. The van der Waals surface area contributed by atoms with E-state index in [1.165, 1.54) is 4.90 Å². The lowest BCUT2D eigenvalue weighted by Gasteiger charge is -2.24. The summed E-state index contributed by atoms with van der Waals surface area (Å²) in [5, 5.41) is 8.58. The Labute approximate surface area is 140 Å². The van der Waals surface area contributed by atoms with Gasteiger partial charge in [0.15, 0.2) is 17.3 Å². The average Bonchev–Trinajstić information content (AvgIpc) is 3.03. The third-order valence-electron chi connectivity index (χ3n) is 4.04. The molecule has 0 aromatic heterocycles. The molecule has 1 atom stereocenters. The van der Waals surface area contributed by atoms with Gasteiger partial charge >= 0.3 is 5.97 Å². The first kappa shape index (κ1) is 17.8. The zero-order valence-corrected chi connectivity index (χ0v) is 13.8. The zero-order chi connectivity index (χ0) is 17.7. The fourth-order valence-corrected chi connectivity index (χ4v) is 2.41. The Morgan fingerprint density at radius 1 is 1.17 bits per heavy atom. The predicted octanol–water partition coefficient (Wildman–Crippen LogP) is 2.09. The molecule has 1 heterocycles. The maximum absolute atomic E-state index is 12.5. The number of Topliss-reactive ketones (excluding diaryl/α,β-unsaturated/α-hetero) is 1. The lowest BCUT2D eigenvalue weighted by atomic mass is 10.0. The highest BCUT2D eigenvalue weighted by Crippen LogP contribution is 2.33. The fraction of sp³-hybridized carbons (Fsp3) is 0.471. The Kier molecular flexibility index (Phi) is 5.78. The molecule has 1 amide bonds. The molecule has 0 saturated carbocycles. The molecule has 0 aliphatic carbocycles. The maximum atomic E-state index is 12.5. The van der Waals surface area contributed by atoms with E-state index in [9.17, 15) is 14.4 Å². The van der Waals surface area contributed by atoms with E-state index < -0.39 is 12.0 Å². The van der Waals surface area contributed by atoms with Gasteiger partial charge in [0.05, 0.1) is 6.04 Å². The molecular formula is C17H21NO6. The van der Waals surface area contributed by atoms with E-state index >= 15 is 0 Å². The van der Waals surface area contributed by atoms with Crippen molar-refractivity contribution >= 4 is 17.7 Å². The Morgan fingerprint density at radius 2 is 1.83 bits per heavy atom. The van der Waals surface area contributed by atoms with Gasteiger partial charge in [-0.15, -0.1) is 0 Å². The van der Waals surface area contributed by atoms with Crippen LogP contribution >= 0.6 is 0 Å². The third kappa shape index (κ3) is 4.24. The van der Waals surface area contributed by atoms with E-state index in [2.05, 4.69) is 0 Å². The normalized spacial score (nSPS) is 13.4. The summed E-state index contributed by atoms with van der Waals surface area (Å²) in [6.07, 6.45) is 1.20. The van der Waals surface area contributed by atoms with E-state index in [0.717, 1.165) is 0 Å². The van der Waals surface area contributed by atoms with Gasteiger partial charge in [-0.2, -0.15) is 0 Å². The molecule has 1 aromatic carbocycles. The molecule has 0 saturated heterocycles. The summed E-state index contributed by atoms with van der Waals surface area (Å²) in [6, 6.07) is 4.33. The van der Waals surface area contributed by atoms with Gasteiger partial charge in [0.2, 0.25) is 12.7 Å². The monoisotopic (exact) mass is 335 g/mol. The van der Waals surface area contributed by atoms with E-state index in [-0.39, 0.29) is 31.3 Å². The number of carbonyl (C=O) groups excluding carboxylic acids is 2. The van der Waals surface area contributed by atoms with Crippen molar-refractivity contribution in [3.8, 4) is 11.5 Å². The summed E-state index contributed by atoms with van der Waals surface area (Å²) < 4.78 is 10.5. The number of carboxylic acids is 1. The van der Waals surface area contributed by atoms with Crippen molar-refractivity contribution in [1.82, 2.24) is 4.90 Å². The van der Waals surface area contributed by atoms with Crippen LogP contribution in [0.3, 0.4) is 0 Å². The molecule has 1 aliphatic rings. The van der Waals surface area contributed by atoms with Crippen molar-refractivity contribution in [1.29, 1.82) is 0 Å². The Hall–Kier alpha value is -2.57. The van der Waals surface area contributed by atoms with E-state index in [1.807, 2.05) is 0 Å². The number of carbonyl (C=O) groups is 3. The fourth-order valence-electron chi connectivity index (χ4n) is 2.41. The van der Waals surface area contributed by atoms with E-state index in [4.69, 9.17) is 14.6 Å². The van der Waals surface area contributed by atoms with Crippen molar-refractivity contribution in [3.05, 3.63) is 23.8 Å². The lowest BCUT2D eigenvalue weighted by molar-refractivity contribution is -0.137. The van der Waals surface area contributed by atoms with Gasteiger partial charge < -0.3 is 19.5 Å². The van der Waals surface area contributed by atoms with Crippen LogP contribution in [-0.4, -0.2) is 47.5 Å². The number of unbranched alkanes of at least 4 members (excludes halogenated alkanes) is 1. The quantitative estimate of drug-likeness (QED) is 0.577. The highest BCUT2D eigenvalue weighted by molar-refractivity contribution is 6.02. The van der Waals surface area contributed by atoms with Crippen LogP contribution < -0.4 is 9.47 Å². The summed E-state index contributed by atoms with van der Waals surface area (Å²) in [5.41, 5.74) is 0.456. The topological polar surface area (TPSA) is 93.1 Å². The number of nitrogens with zero attached hydrogens (tertiary/aromatic N) is 1. The first-order valence-electron chi connectivity index (χ1n) is 7.81. The van der Waals surface area contributed by atoms with Gasteiger partial charge in [0, 0.05) is 25.5 Å². The second-order valence-electron chi connectivity index (χ2n) is 5.71. The van der Waals surface area contributed by atoms with Crippen LogP contribution in [0.4, 0.5) is 0 Å². The molecule has 1 aromatic rings. The number of ether oxygens (including phenoxy) is 2. The second kappa shape index (κ2) is 7.81. The standard InChI is InChI=1S/C17H21NO6/c1-11(18(2)15(19)5-3-4-6-16(20)21)17(22)12-7-8-13-14(9-12)24-10-23-13/h7-9,11H,3-6,10H2,1-2H3,(H,20,21). The van der Waals surface area contributed by atoms with Crippen molar-refractivity contribution in [2.45, 2.75) is 38.6 Å². The molecule has 2 rings (SSSR count). The highest BCUT2D eigenvalue weighted by Gasteiger charge is 2.25. The third-order valence-corrected chi connectivity index (χ3v) is 4.04. The number of fused-ring (bicyclic) bond motifs is 1. The van der Waals surface area contributed by atoms with Crippen molar-refractivity contribution in [3.63, 3.8) is 0 Å². The first-order valence-corrected chi connectivity index (χ1v) is 7.81. The number of benzene rings is 1. The number of aliphatic carboxylic acids is 1. The summed E-state index contributed by atoms with van der Waals surface area (Å²) in [6.45, 7) is 1.80. The van der Waals surface area contributed by atoms with Crippen molar-refractivity contribution in [2.24, 2.45) is 0 Å². The Morgan fingerprint density at radius 3 is 2.54 bits per heavy atom. The van der Waals surface area contributed by atoms with Crippen LogP contribution in [0.25, 0.3) is 0 Å². The van der Waals surface area contributed by atoms with Gasteiger partial charge in [0.1, 0.15) is 0 Å². The minimum absolute atomic E-state index is 0.0443. The van der Waals surface area contributed by atoms with Crippen molar-refractivity contribution < 1.29 is 29.0 Å². The number of rotatable bonds is 8. The summed E-state index contributed by atoms with van der Waals surface area (Å²) in [7, 11) is 1.58. The minimum Gasteiger partial charge on any atom is -0.481 e. The van der Waals surface area contributed by atoms with Gasteiger partial charge in [-0.25, -0.2) is 0 Å². The zero-order valence-electron chi connectivity index (χ0n) is 13.8.